The molecule has 0 unspecified atom stereocenters. The quantitative estimate of drug-likeness (QED) is 0.121. The van der Waals surface area contributed by atoms with Crippen molar-refractivity contribution in [1.29, 1.82) is 0 Å². The molecule has 1 aliphatic heterocycles. The first-order chi connectivity index (χ1) is 19.5. The number of likely N-dealkylation sites (tertiary alicyclic amines) is 1. The minimum Gasteiger partial charge on any atom is -0.494 e. The van der Waals surface area contributed by atoms with Crippen molar-refractivity contribution < 1.29 is 10.0 Å². The van der Waals surface area contributed by atoms with E-state index in [9.17, 15) is 15.2 Å². The highest BCUT2D eigenvalue weighted by Crippen LogP contribution is 2.34. The fraction of sp³-hybridized carbons (Fsp3) is 0.226. The van der Waals surface area contributed by atoms with Crippen molar-refractivity contribution in [2.75, 3.05) is 19.6 Å². The smallest absolute Gasteiger partial charge is 0.270 e. The molecule has 0 atom stereocenters. The highest BCUT2D eigenvalue weighted by molar-refractivity contribution is 6.22. The lowest BCUT2D eigenvalue weighted by Gasteiger charge is -2.26. The highest BCUT2D eigenvalue weighted by atomic mass is 16.6. The third kappa shape index (κ3) is 5.37. The van der Waals surface area contributed by atoms with Crippen LogP contribution in [0.2, 0.25) is 0 Å². The Labute approximate surface area is 231 Å². The maximum Gasteiger partial charge on any atom is 0.270 e. The summed E-state index contributed by atoms with van der Waals surface area (Å²) in [6.07, 6.45) is 8.22. The van der Waals surface area contributed by atoms with Crippen LogP contribution in [-0.4, -0.2) is 55.2 Å². The molecular formula is C31H30N6O3. The van der Waals surface area contributed by atoms with Gasteiger partial charge < -0.3 is 20.0 Å². The number of nitrogens with one attached hydrogen (secondary N) is 2. The summed E-state index contributed by atoms with van der Waals surface area (Å²) in [7, 11) is 0. The normalized spacial score (nSPS) is 14.6. The van der Waals surface area contributed by atoms with Gasteiger partial charge in [-0.15, -0.1) is 0 Å². The van der Waals surface area contributed by atoms with Gasteiger partial charge in [-0.25, -0.2) is 9.98 Å². The van der Waals surface area contributed by atoms with Gasteiger partial charge in [-0.3, -0.25) is 10.1 Å². The van der Waals surface area contributed by atoms with E-state index in [1.165, 1.54) is 50.0 Å². The van der Waals surface area contributed by atoms with Crippen LogP contribution in [0.1, 0.15) is 36.0 Å². The average Bonchev–Trinajstić information content (AvgIpc) is 3.63. The second-order valence-corrected chi connectivity index (χ2v) is 10.2. The number of hydrogen-bond donors (Lipinski definition) is 3. The Morgan fingerprint density at radius 2 is 1.80 bits per heavy atom. The summed E-state index contributed by atoms with van der Waals surface area (Å²) in [5, 5.41) is 23.1. The Hall–Kier alpha value is -4.76. The van der Waals surface area contributed by atoms with E-state index in [1.54, 1.807) is 18.6 Å². The molecule has 1 saturated heterocycles. The van der Waals surface area contributed by atoms with E-state index in [0.717, 1.165) is 29.8 Å². The van der Waals surface area contributed by atoms with Crippen LogP contribution in [0.4, 0.5) is 11.4 Å². The average molecular weight is 535 g/mol. The molecule has 1 fully saturated rings. The molecule has 40 heavy (non-hydrogen) atoms. The predicted octanol–water partition coefficient (Wildman–Crippen LogP) is 6.37. The third-order valence-corrected chi connectivity index (χ3v) is 7.52. The van der Waals surface area contributed by atoms with Crippen molar-refractivity contribution in [3.63, 3.8) is 0 Å². The first-order valence-corrected chi connectivity index (χ1v) is 13.5. The number of fused-ring (bicyclic) bond motifs is 1. The lowest BCUT2D eigenvalue weighted by Crippen LogP contribution is -2.31. The summed E-state index contributed by atoms with van der Waals surface area (Å²) < 4.78 is 0. The second kappa shape index (κ2) is 11.2. The number of nitrogens with zero attached hydrogens (tertiary/aromatic N) is 4. The number of aromatic nitrogens is 3. The van der Waals surface area contributed by atoms with Gasteiger partial charge in [0.15, 0.2) is 5.88 Å². The zero-order valence-electron chi connectivity index (χ0n) is 22.0. The van der Waals surface area contributed by atoms with Crippen molar-refractivity contribution in [3.8, 4) is 17.1 Å². The molecule has 3 aromatic carbocycles. The van der Waals surface area contributed by atoms with Crippen LogP contribution in [0.25, 0.3) is 22.2 Å². The molecule has 3 heterocycles. The molecule has 0 aliphatic carbocycles. The molecule has 1 aliphatic rings. The lowest BCUT2D eigenvalue weighted by molar-refractivity contribution is -0.384. The number of imidazole rings is 1. The van der Waals surface area contributed by atoms with Crippen molar-refractivity contribution in [3.05, 3.63) is 106 Å². The summed E-state index contributed by atoms with van der Waals surface area (Å²) in [6.45, 7) is 3.37. The Kier molecular flexibility index (Phi) is 7.11. The molecule has 3 N–H and O–H groups in total. The Balaban J connectivity index is 1.38. The molecule has 9 heteroatoms. The van der Waals surface area contributed by atoms with Gasteiger partial charge in [0.05, 0.1) is 40.1 Å². The number of piperidine rings is 1. The molecule has 9 nitrogen and oxygen atoms in total. The maximum atomic E-state index is 11.5. The van der Waals surface area contributed by atoms with Crippen LogP contribution >= 0.6 is 0 Å². The summed E-state index contributed by atoms with van der Waals surface area (Å²) in [6, 6.07) is 20.4. The van der Waals surface area contributed by atoms with Gasteiger partial charge in [-0.05, 0) is 61.7 Å². The van der Waals surface area contributed by atoms with Gasteiger partial charge in [0.2, 0.25) is 0 Å². The zero-order valence-corrected chi connectivity index (χ0v) is 22.0. The number of aromatic amines is 2. The number of hydrogen-bond acceptors (Lipinski definition) is 6. The molecule has 5 aromatic rings. The Bertz CT molecular complexity index is 1650. The van der Waals surface area contributed by atoms with Crippen molar-refractivity contribution >= 4 is 28.0 Å². The van der Waals surface area contributed by atoms with Crippen molar-refractivity contribution in [2.45, 2.75) is 25.7 Å². The Morgan fingerprint density at radius 3 is 2.50 bits per heavy atom. The number of H-pyrrole nitrogens is 2. The molecule has 6 rings (SSSR count). The van der Waals surface area contributed by atoms with E-state index in [2.05, 4.69) is 32.0 Å². The second-order valence-electron chi connectivity index (χ2n) is 10.2. The van der Waals surface area contributed by atoms with E-state index < -0.39 is 4.92 Å². The number of aromatic hydroxyl groups is 1. The minimum atomic E-state index is -0.435. The molecule has 0 radical (unpaired) electrons. The number of aliphatic imine (C=N–C) groups is 1. The first-order valence-electron chi connectivity index (χ1n) is 13.5. The largest absolute Gasteiger partial charge is 0.494 e. The molecule has 0 amide bonds. The van der Waals surface area contributed by atoms with Crippen LogP contribution in [-0.2, 0) is 6.42 Å². The number of nitro groups is 1. The number of nitro benzene ring substituents is 1. The molecule has 0 spiro atoms. The highest BCUT2D eigenvalue weighted by Gasteiger charge is 2.21. The van der Waals surface area contributed by atoms with Gasteiger partial charge in [0.1, 0.15) is 0 Å². The molecule has 0 saturated carbocycles. The van der Waals surface area contributed by atoms with E-state index >= 15 is 0 Å². The summed E-state index contributed by atoms with van der Waals surface area (Å²) in [5.74, 6) is -0.0856. The van der Waals surface area contributed by atoms with Gasteiger partial charge in [0.25, 0.3) is 5.69 Å². The van der Waals surface area contributed by atoms with Gasteiger partial charge in [0, 0.05) is 35.1 Å². The van der Waals surface area contributed by atoms with Gasteiger partial charge in [-0.2, -0.15) is 0 Å². The molecule has 0 bridgehead atoms. The lowest BCUT2D eigenvalue weighted by atomic mass is 9.98. The van der Waals surface area contributed by atoms with Gasteiger partial charge in [-0.1, -0.05) is 42.8 Å². The zero-order chi connectivity index (χ0) is 27.5. The van der Waals surface area contributed by atoms with Crippen molar-refractivity contribution in [2.24, 2.45) is 4.99 Å². The summed E-state index contributed by atoms with van der Waals surface area (Å²) in [4.78, 5) is 28.7. The molecule has 202 valence electrons. The molecular weight excluding hydrogens is 504 g/mol. The molecule has 2 aromatic heterocycles. The topological polar surface area (TPSA) is 123 Å². The number of rotatable bonds is 8. The third-order valence-electron chi connectivity index (χ3n) is 7.52. The maximum absolute atomic E-state index is 11.5. The van der Waals surface area contributed by atoms with E-state index in [4.69, 9.17) is 4.99 Å². The minimum absolute atomic E-state index is 0.0518. The van der Waals surface area contributed by atoms with E-state index in [0.29, 0.717) is 27.9 Å². The van der Waals surface area contributed by atoms with Crippen LogP contribution in [0.5, 0.6) is 5.88 Å². The van der Waals surface area contributed by atoms with Crippen LogP contribution < -0.4 is 0 Å². The number of benzene rings is 3. The monoisotopic (exact) mass is 534 g/mol. The fourth-order valence-electron chi connectivity index (χ4n) is 5.34. The van der Waals surface area contributed by atoms with E-state index in [-0.39, 0.29) is 11.6 Å². The van der Waals surface area contributed by atoms with Crippen LogP contribution in [0, 0.1) is 10.1 Å². The predicted molar refractivity (Wildman–Crippen MR) is 156 cm³/mol. The Morgan fingerprint density at radius 1 is 1.02 bits per heavy atom. The SMILES string of the molecule is O=[N+]([O-])c1ccc2[nH]c(O)c(C(=Nc3ccc(-c4cnc[nH]4)cc3)c3ccc(CCN4CCCCC4)cc3)c2c1. The standard InChI is InChI=1S/C31H30N6O3/c38-31-29(26-18-25(37(39)40)12-13-27(26)35-31)30(34-24-10-8-22(9-11-24)28-19-32-20-33-28)23-6-4-21(5-7-23)14-17-36-15-2-1-3-16-36/h4-13,18-20,35,38H,1-3,14-17H2,(H,32,33). The summed E-state index contributed by atoms with van der Waals surface area (Å²) in [5.41, 5.74) is 6.10. The van der Waals surface area contributed by atoms with Crippen molar-refractivity contribution in [1.82, 2.24) is 19.9 Å². The summed E-state index contributed by atoms with van der Waals surface area (Å²) >= 11 is 0. The van der Waals surface area contributed by atoms with E-state index in [1.807, 2.05) is 36.4 Å². The fourth-order valence-corrected chi connectivity index (χ4v) is 5.34. The number of non-ortho nitro benzene ring substituents is 1. The van der Waals surface area contributed by atoms with Crippen LogP contribution in [0.15, 0.2) is 84.2 Å². The van der Waals surface area contributed by atoms with Gasteiger partial charge >= 0.3 is 0 Å². The first kappa shape index (κ1) is 25.5. The van der Waals surface area contributed by atoms with Crippen LogP contribution in [0.3, 0.4) is 0 Å².